The van der Waals surface area contributed by atoms with E-state index in [0.717, 1.165) is 16.7 Å². The lowest BCUT2D eigenvalue weighted by Gasteiger charge is -2.38. The van der Waals surface area contributed by atoms with Crippen molar-refractivity contribution in [3.63, 3.8) is 0 Å². The molecule has 3 aromatic carbocycles. The fourth-order valence-electron chi connectivity index (χ4n) is 5.70. The normalized spacial score (nSPS) is 22.7. The first-order chi connectivity index (χ1) is 18.5. The van der Waals surface area contributed by atoms with E-state index in [9.17, 15) is 9.59 Å². The van der Waals surface area contributed by atoms with Crippen molar-refractivity contribution in [2.45, 2.75) is 12.0 Å². The third-order valence-electron chi connectivity index (χ3n) is 7.41. The topological polar surface area (TPSA) is 98.8 Å². The van der Waals surface area contributed by atoms with Crippen LogP contribution in [0.3, 0.4) is 0 Å². The summed E-state index contributed by atoms with van der Waals surface area (Å²) in [5, 5.41) is 0. The highest BCUT2D eigenvalue weighted by Gasteiger charge is 2.54. The molecule has 38 heavy (non-hydrogen) atoms. The molecule has 9 nitrogen and oxygen atoms in total. The largest absolute Gasteiger partial charge is 0.493 e. The first-order valence-electron chi connectivity index (χ1n) is 12.2. The van der Waals surface area contributed by atoms with Gasteiger partial charge in [0.25, 0.3) is 0 Å². The van der Waals surface area contributed by atoms with Crippen LogP contribution in [0.5, 0.6) is 28.7 Å². The van der Waals surface area contributed by atoms with Gasteiger partial charge < -0.3 is 33.2 Å². The molecule has 0 spiro atoms. The molecule has 1 aliphatic carbocycles. The van der Waals surface area contributed by atoms with Crippen molar-refractivity contribution in [2.75, 3.05) is 34.7 Å². The Balaban J connectivity index is 1.53. The molecular formula is C29H26O9. The van der Waals surface area contributed by atoms with Gasteiger partial charge in [-0.25, -0.2) is 4.79 Å². The van der Waals surface area contributed by atoms with Crippen LogP contribution in [0.4, 0.5) is 0 Å². The van der Waals surface area contributed by atoms with Gasteiger partial charge in [0.15, 0.2) is 23.0 Å². The Morgan fingerprint density at radius 2 is 1.50 bits per heavy atom. The standard InChI is InChI=1S/C29H26O9/c1-32-22-9-16(10-23(33-2)27(22)34-3)24-17-11-20-21(37-14-36-20)12-18(17)26(19-13-35-29(31)25(19)24)38-28(30)15-7-5-4-6-8-15/h4-12,19,24-26H,13-14H2,1-3H3. The zero-order chi connectivity index (χ0) is 26.4. The molecule has 196 valence electrons. The Morgan fingerprint density at radius 1 is 0.842 bits per heavy atom. The zero-order valence-electron chi connectivity index (χ0n) is 21.1. The smallest absolute Gasteiger partial charge is 0.338 e. The summed E-state index contributed by atoms with van der Waals surface area (Å²) in [4.78, 5) is 26.4. The Bertz CT molecular complexity index is 1380. The van der Waals surface area contributed by atoms with Crippen LogP contribution in [-0.2, 0) is 14.3 Å². The maximum Gasteiger partial charge on any atom is 0.338 e. The van der Waals surface area contributed by atoms with Gasteiger partial charge in [-0.05, 0) is 47.5 Å². The van der Waals surface area contributed by atoms with Crippen LogP contribution < -0.4 is 23.7 Å². The maximum absolute atomic E-state index is 13.3. The van der Waals surface area contributed by atoms with Crippen molar-refractivity contribution < 1.29 is 42.7 Å². The van der Waals surface area contributed by atoms with E-state index in [2.05, 4.69) is 0 Å². The molecule has 4 unspecified atom stereocenters. The molecule has 4 atom stereocenters. The maximum atomic E-state index is 13.3. The molecule has 3 aromatic rings. The monoisotopic (exact) mass is 518 g/mol. The van der Waals surface area contributed by atoms with E-state index in [1.165, 1.54) is 7.11 Å². The first kappa shape index (κ1) is 24.0. The van der Waals surface area contributed by atoms with Gasteiger partial charge in [-0.3, -0.25) is 4.79 Å². The number of hydrogen-bond donors (Lipinski definition) is 0. The van der Waals surface area contributed by atoms with Gasteiger partial charge >= 0.3 is 11.9 Å². The summed E-state index contributed by atoms with van der Waals surface area (Å²) in [6.45, 7) is 0.196. The first-order valence-corrected chi connectivity index (χ1v) is 12.2. The van der Waals surface area contributed by atoms with Gasteiger partial charge in [0, 0.05) is 17.4 Å². The summed E-state index contributed by atoms with van der Waals surface area (Å²) in [5.41, 5.74) is 2.69. The number of rotatable bonds is 6. The van der Waals surface area contributed by atoms with Crippen LogP contribution in [-0.4, -0.2) is 46.7 Å². The van der Waals surface area contributed by atoms with E-state index in [1.807, 2.05) is 30.3 Å². The number of benzene rings is 3. The lowest BCUT2D eigenvalue weighted by molar-refractivity contribution is -0.141. The fourth-order valence-corrected chi connectivity index (χ4v) is 5.70. The lowest BCUT2D eigenvalue weighted by Crippen LogP contribution is -2.36. The number of esters is 2. The van der Waals surface area contributed by atoms with Crippen molar-refractivity contribution in [3.8, 4) is 28.7 Å². The summed E-state index contributed by atoms with van der Waals surface area (Å²) >= 11 is 0. The number of carbonyl (C=O) groups excluding carboxylic acids is 2. The van der Waals surface area contributed by atoms with Gasteiger partial charge in [0.2, 0.25) is 12.5 Å². The van der Waals surface area contributed by atoms with Gasteiger partial charge in [-0.2, -0.15) is 0 Å². The van der Waals surface area contributed by atoms with Crippen LogP contribution >= 0.6 is 0 Å². The summed E-state index contributed by atoms with van der Waals surface area (Å²) in [5.74, 6) is 0.124. The number of fused-ring (bicyclic) bond motifs is 3. The second-order valence-corrected chi connectivity index (χ2v) is 9.28. The second kappa shape index (κ2) is 9.48. The van der Waals surface area contributed by atoms with Crippen LogP contribution in [0.25, 0.3) is 0 Å². The van der Waals surface area contributed by atoms with Crippen molar-refractivity contribution in [3.05, 3.63) is 76.9 Å². The predicted molar refractivity (Wildman–Crippen MR) is 133 cm³/mol. The summed E-state index contributed by atoms with van der Waals surface area (Å²) in [6, 6.07) is 16.1. The Labute approximate surface area is 219 Å². The molecule has 0 N–H and O–H groups in total. The van der Waals surface area contributed by atoms with E-state index in [-0.39, 0.29) is 19.4 Å². The molecule has 0 aromatic heterocycles. The number of cyclic esters (lactones) is 1. The fraction of sp³-hybridized carbons (Fsp3) is 0.310. The molecule has 0 amide bonds. The van der Waals surface area contributed by atoms with Crippen molar-refractivity contribution >= 4 is 11.9 Å². The highest BCUT2D eigenvalue weighted by molar-refractivity contribution is 5.89. The molecule has 1 fully saturated rings. The lowest BCUT2D eigenvalue weighted by atomic mass is 9.66. The minimum Gasteiger partial charge on any atom is -0.493 e. The molecule has 0 bridgehead atoms. The van der Waals surface area contributed by atoms with Crippen LogP contribution in [0, 0.1) is 11.8 Å². The van der Waals surface area contributed by atoms with Gasteiger partial charge in [-0.1, -0.05) is 18.2 Å². The van der Waals surface area contributed by atoms with Crippen LogP contribution in [0.15, 0.2) is 54.6 Å². The highest BCUT2D eigenvalue weighted by atomic mass is 16.7. The molecule has 3 aliphatic rings. The van der Waals surface area contributed by atoms with E-state index < -0.39 is 29.8 Å². The second-order valence-electron chi connectivity index (χ2n) is 9.28. The quantitative estimate of drug-likeness (QED) is 0.443. The minimum absolute atomic E-state index is 0.0798. The third-order valence-corrected chi connectivity index (χ3v) is 7.41. The van der Waals surface area contributed by atoms with Gasteiger partial charge in [0.05, 0.1) is 39.4 Å². The number of methoxy groups -OCH3 is 3. The number of ether oxygens (including phenoxy) is 7. The molecule has 2 heterocycles. The Kier molecular flexibility index (Phi) is 5.98. The van der Waals surface area contributed by atoms with Crippen LogP contribution in [0.1, 0.15) is 39.1 Å². The molecule has 6 rings (SSSR count). The van der Waals surface area contributed by atoms with Crippen molar-refractivity contribution in [1.82, 2.24) is 0 Å². The Hall–Kier alpha value is -4.40. The predicted octanol–water partition coefficient (Wildman–Crippen LogP) is 4.27. The van der Waals surface area contributed by atoms with E-state index in [0.29, 0.717) is 34.3 Å². The average Bonchev–Trinajstić information content (AvgIpc) is 3.57. The third kappa shape index (κ3) is 3.77. The van der Waals surface area contributed by atoms with E-state index in [1.54, 1.807) is 38.5 Å². The molecule has 1 saturated heterocycles. The van der Waals surface area contributed by atoms with E-state index in [4.69, 9.17) is 33.2 Å². The number of hydrogen-bond acceptors (Lipinski definition) is 9. The van der Waals surface area contributed by atoms with E-state index >= 15 is 0 Å². The SMILES string of the molecule is COc1cc(C2c3cc4c(cc3C(OC(=O)c3ccccc3)C3COC(=O)C23)OCO4)cc(OC)c1OC. The molecule has 0 radical (unpaired) electrons. The van der Waals surface area contributed by atoms with Gasteiger partial charge in [-0.15, -0.1) is 0 Å². The molecule has 2 aliphatic heterocycles. The summed E-state index contributed by atoms with van der Waals surface area (Å²) < 4.78 is 39.7. The summed E-state index contributed by atoms with van der Waals surface area (Å²) in [7, 11) is 4.62. The van der Waals surface area contributed by atoms with Crippen molar-refractivity contribution in [2.24, 2.45) is 11.8 Å². The van der Waals surface area contributed by atoms with Gasteiger partial charge in [0.1, 0.15) is 6.10 Å². The molecular weight excluding hydrogens is 492 g/mol. The Morgan fingerprint density at radius 3 is 2.13 bits per heavy atom. The minimum atomic E-state index is -0.734. The van der Waals surface area contributed by atoms with Crippen LogP contribution in [0.2, 0.25) is 0 Å². The zero-order valence-corrected chi connectivity index (χ0v) is 21.1. The molecule has 0 saturated carbocycles. The summed E-state index contributed by atoms with van der Waals surface area (Å²) in [6.07, 6.45) is -0.734. The number of carbonyl (C=O) groups is 2. The molecule has 9 heteroatoms. The van der Waals surface area contributed by atoms with Crippen molar-refractivity contribution in [1.29, 1.82) is 0 Å². The highest BCUT2D eigenvalue weighted by Crippen LogP contribution is 2.56. The average molecular weight is 519 g/mol.